The number of nitrogens with zero attached hydrogens (tertiary/aromatic N) is 4. The zero-order chi connectivity index (χ0) is 20.4. The van der Waals surface area contributed by atoms with Crippen molar-refractivity contribution in [2.75, 3.05) is 30.3 Å². The van der Waals surface area contributed by atoms with Gasteiger partial charge >= 0.3 is 0 Å². The molecule has 154 valence electrons. The Morgan fingerprint density at radius 2 is 2.00 bits per heavy atom. The SMILES string of the molecule is CC(C)SC(=O)N1CCC(Oc2cc(N3CCc4cc(N)ccc43)ncn2)CC1. The number of benzene rings is 1. The van der Waals surface area contributed by atoms with Crippen molar-refractivity contribution in [2.45, 2.75) is 44.5 Å². The van der Waals surface area contributed by atoms with Crippen LogP contribution in [0.2, 0.25) is 0 Å². The fraction of sp³-hybridized carbons (Fsp3) is 0.476. The molecule has 0 bridgehead atoms. The molecule has 8 heteroatoms. The molecule has 0 radical (unpaired) electrons. The predicted molar refractivity (Wildman–Crippen MR) is 117 cm³/mol. The summed E-state index contributed by atoms with van der Waals surface area (Å²) in [6, 6.07) is 7.89. The van der Waals surface area contributed by atoms with Gasteiger partial charge in [0.15, 0.2) is 0 Å². The summed E-state index contributed by atoms with van der Waals surface area (Å²) in [7, 11) is 0. The van der Waals surface area contributed by atoms with Crippen molar-refractivity contribution in [3.8, 4) is 5.88 Å². The molecule has 1 aromatic heterocycles. The number of nitrogens with two attached hydrogens (primary N) is 1. The lowest BCUT2D eigenvalue weighted by atomic mass is 10.1. The Morgan fingerprint density at radius 1 is 1.21 bits per heavy atom. The highest BCUT2D eigenvalue weighted by Crippen LogP contribution is 2.35. The first kappa shape index (κ1) is 19.8. The van der Waals surface area contributed by atoms with E-state index in [1.54, 1.807) is 6.33 Å². The van der Waals surface area contributed by atoms with Crippen molar-refractivity contribution in [2.24, 2.45) is 0 Å². The average molecular weight is 414 g/mol. The van der Waals surface area contributed by atoms with E-state index in [0.29, 0.717) is 11.1 Å². The van der Waals surface area contributed by atoms with Crippen LogP contribution in [0.25, 0.3) is 0 Å². The first-order valence-electron chi connectivity index (χ1n) is 10.1. The molecule has 1 fully saturated rings. The summed E-state index contributed by atoms with van der Waals surface area (Å²) in [6.45, 7) is 6.39. The maximum absolute atomic E-state index is 12.2. The monoisotopic (exact) mass is 413 g/mol. The molecule has 2 N–H and O–H groups in total. The van der Waals surface area contributed by atoms with Crippen LogP contribution >= 0.6 is 11.8 Å². The van der Waals surface area contributed by atoms with Crippen molar-refractivity contribution < 1.29 is 9.53 Å². The first-order chi connectivity index (χ1) is 14.0. The first-order valence-corrected chi connectivity index (χ1v) is 11.0. The topological polar surface area (TPSA) is 84.6 Å². The molecule has 0 spiro atoms. The molecule has 1 aromatic carbocycles. The van der Waals surface area contributed by atoms with E-state index in [4.69, 9.17) is 10.5 Å². The Morgan fingerprint density at radius 3 is 2.76 bits per heavy atom. The molecule has 29 heavy (non-hydrogen) atoms. The number of amides is 1. The van der Waals surface area contributed by atoms with Crippen molar-refractivity contribution in [1.29, 1.82) is 0 Å². The third kappa shape index (κ3) is 4.58. The number of thioether (sulfide) groups is 1. The smallest absolute Gasteiger partial charge is 0.281 e. The summed E-state index contributed by atoms with van der Waals surface area (Å²) in [5.41, 5.74) is 9.07. The highest BCUT2D eigenvalue weighted by atomic mass is 32.2. The highest BCUT2D eigenvalue weighted by molar-refractivity contribution is 8.14. The molecule has 4 rings (SSSR count). The van der Waals surface area contributed by atoms with Gasteiger partial charge in [-0.25, -0.2) is 9.97 Å². The van der Waals surface area contributed by atoms with E-state index in [-0.39, 0.29) is 11.3 Å². The number of rotatable bonds is 4. The number of carbonyl (C=O) groups is 1. The van der Waals surface area contributed by atoms with E-state index in [0.717, 1.165) is 56.1 Å². The molecule has 7 nitrogen and oxygen atoms in total. The zero-order valence-corrected chi connectivity index (χ0v) is 17.7. The second kappa shape index (κ2) is 8.49. The second-order valence-corrected chi connectivity index (χ2v) is 9.27. The number of hydrogen-bond donors (Lipinski definition) is 1. The van der Waals surface area contributed by atoms with Crippen LogP contribution in [0.1, 0.15) is 32.3 Å². The van der Waals surface area contributed by atoms with Gasteiger partial charge in [-0.1, -0.05) is 25.6 Å². The lowest BCUT2D eigenvalue weighted by Crippen LogP contribution is -2.40. The van der Waals surface area contributed by atoms with Crippen molar-refractivity contribution in [3.63, 3.8) is 0 Å². The van der Waals surface area contributed by atoms with Crippen molar-refractivity contribution in [3.05, 3.63) is 36.2 Å². The minimum absolute atomic E-state index is 0.0662. The van der Waals surface area contributed by atoms with Crippen molar-refractivity contribution >= 4 is 34.2 Å². The van der Waals surface area contributed by atoms with Gasteiger partial charge in [-0.3, -0.25) is 4.79 Å². The van der Waals surface area contributed by atoms with Crippen LogP contribution in [-0.4, -0.2) is 51.1 Å². The van der Waals surface area contributed by atoms with Crippen LogP contribution in [0.15, 0.2) is 30.6 Å². The number of piperidine rings is 1. The maximum atomic E-state index is 12.2. The van der Waals surface area contributed by atoms with E-state index in [9.17, 15) is 4.79 Å². The van der Waals surface area contributed by atoms with Crippen LogP contribution in [0.5, 0.6) is 5.88 Å². The van der Waals surface area contributed by atoms with Gasteiger partial charge in [-0.15, -0.1) is 0 Å². The van der Waals surface area contributed by atoms with E-state index >= 15 is 0 Å². The highest BCUT2D eigenvalue weighted by Gasteiger charge is 2.26. The molecule has 2 aliphatic rings. The minimum atomic E-state index is 0.0662. The fourth-order valence-corrected chi connectivity index (χ4v) is 4.54. The Balaban J connectivity index is 1.38. The number of anilines is 3. The summed E-state index contributed by atoms with van der Waals surface area (Å²) in [4.78, 5) is 25.0. The molecular weight excluding hydrogens is 386 g/mol. The molecule has 1 amide bonds. The molecule has 3 heterocycles. The summed E-state index contributed by atoms with van der Waals surface area (Å²) >= 11 is 1.39. The van der Waals surface area contributed by atoms with Crippen molar-refractivity contribution in [1.82, 2.24) is 14.9 Å². The summed E-state index contributed by atoms with van der Waals surface area (Å²) in [6.07, 6.45) is 4.20. The van der Waals surface area contributed by atoms with Gasteiger partial charge in [0.2, 0.25) is 5.88 Å². The van der Waals surface area contributed by atoms with Gasteiger partial charge in [0.1, 0.15) is 18.2 Å². The van der Waals surface area contributed by atoms with Crippen LogP contribution in [0.4, 0.5) is 22.0 Å². The molecule has 0 unspecified atom stereocenters. The van der Waals surface area contributed by atoms with E-state index in [2.05, 4.69) is 14.9 Å². The molecule has 0 atom stereocenters. The Hall–Kier alpha value is -2.48. The van der Waals surface area contributed by atoms with E-state index in [1.807, 2.05) is 43.0 Å². The number of nitrogen functional groups attached to an aromatic ring is 1. The van der Waals surface area contributed by atoms with Gasteiger partial charge in [-0.05, 0) is 30.2 Å². The van der Waals surface area contributed by atoms with Crippen LogP contribution in [0.3, 0.4) is 0 Å². The lowest BCUT2D eigenvalue weighted by molar-refractivity contribution is 0.115. The number of carbonyl (C=O) groups excluding carboxylic acids is 1. The quantitative estimate of drug-likeness (QED) is 0.762. The van der Waals surface area contributed by atoms with Gasteiger partial charge in [0.05, 0.1) is 0 Å². The normalized spacial score (nSPS) is 16.9. The maximum Gasteiger partial charge on any atom is 0.281 e. The standard InChI is InChI=1S/C21H27N5O2S/c1-14(2)29-21(27)25-8-6-17(7-9-25)28-20-12-19(23-13-24-20)26-10-5-15-11-16(22)3-4-18(15)26/h3-4,11-14,17H,5-10,22H2,1-2H3. The number of fused-ring (bicyclic) bond motifs is 1. The third-order valence-corrected chi connectivity index (χ3v) is 6.16. The second-order valence-electron chi connectivity index (χ2n) is 7.74. The fourth-order valence-electron chi connectivity index (χ4n) is 3.80. The van der Waals surface area contributed by atoms with Crippen LogP contribution in [-0.2, 0) is 6.42 Å². The lowest BCUT2D eigenvalue weighted by Gasteiger charge is -2.32. The minimum Gasteiger partial charge on any atom is -0.474 e. The predicted octanol–water partition coefficient (Wildman–Crippen LogP) is 3.86. The van der Waals surface area contributed by atoms with E-state index < -0.39 is 0 Å². The van der Waals surface area contributed by atoms with Crippen LogP contribution < -0.4 is 15.4 Å². The molecular formula is C21H27N5O2S. The molecule has 2 aromatic rings. The molecule has 0 aliphatic carbocycles. The molecule has 1 saturated heterocycles. The summed E-state index contributed by atoms with van der Waals surface area (Å²) in [5, 5.41) is 0.471. The zero-order valence-electron chi connectivity index (χ0n) is 16.9. The largest absolute Gasteiger partial charge is 0.474 e. The summed E-state index contributed by atoms with van der Waals surface area (Å²) in [5.74, 6) is 1.42. The van der Waals surface area contributed by atoms with Crippen LogP contribution in [0, 0.1) is 0 Å². The van der Waals surface area contributed by atoms with Gasteiger partial charge < -0.3 is 20.3 Å². The number of likely N-dealkylation sites (tertiary alicyclic amines) is 1. The number of aromatic nitrogens is 2. The molecule has 0 saturated carbocycles. The van der Waals surface area contributed by atoms with Gasteiger partial charge in [-0.2, -0.15) is 0 Å². The van der Waals surface area contributed by atoms with E-state index in [1.165, 1.54) is 17.3 Å². The Bertz CT molecular complexity index is 883. The molecule has 2 aliphatic heterocycles. The summed E-state index contributed by atoms with van der Waals surface area (Å²) < 4.78 is 6.13. The number of hydrogen-bond acceptors (Lipinski definition) is 7. The van der Waals surface area contributed by atoms with Gasteiger partial charge in [0, 0.05) is 55.2 Å². The van der Waals surface area contributed by atoms with Gasteiger partial charge in [0.25, 0.3) is 5.24 Å². The number of ether oxygens (including phenoxy) is 1. The Labute approximate surface area is 175 Å². The Kier molecular flexibility index (Phi) is 5.80. The third-order valence-electron chi connectivity index (χ3n) is 5.23. The average Bonchev–Trinajstić information content (AvgIpc) is 3.11.